The minimum absolute atomic E-state index is 0.0320. The molecular weight excluding hydrogens is 767 g/mol. The SMILES string of the molecule is CC(C)(C)c1cc2ccccc2c2c1sc1c(N(c3ccc4c(c3)C(C)(C)c3ccccc3-4)c3cccc4c3-c3ccccc3C43c4ccccc4-c4ccccc43)cccc12. The monoisotopic (exact) mass is 811 g/mol. The van der Waals surface area contributed by atoms with E-state index < -0.39 is 5.41 Å². The molecule has 0 fully saturated rings. The smallest absolute Gasteiger partial charge is 0.0726 e. The lowest BCUT2D eigenvalue weighted by atomic mass is 9.70. The molecule has 1 spiro atoms. The lowest BCUT2D eigenvalue weighted by Gasteiger charge is -2.32. The second-order valence-electron chi connectivity index (χ2n) is 19.2. The topological polar surface area (TPSA) is 3.24 Å². The lowest BCUT2D eigenvalue weighted by Crippen LogP contribution is -2.26. The molecule has 0 amide bonds. The summed E-state index contributed by atoms with van der Waals surface area (Å²) in [5.41, 5.74) is 20.5. The van der Waals surface area contributed by atoms with Crippen LogP contribution in [0.5, 0.6) is 0 Å². The summed E-state index contributed by atoms with van der Waals surface area (Å²) in [6, 6.07) is 69.3. The first-order valence-corrected chi connectivity index (χ1v) is 22.8. The van der Waals surface area contributed by atoms with Crippen LogP contribution < -0.4 is 4.90 Å². The zero-order valence-corrected chi connectivity index (χ0v) is 36.5. The molecule has 3 aliphatic carbocycles. The zero-order valence-electron chi connectivity index (χ0n) is 35.7. The summed E-state index contributed by atoms with van der Waals surface area (Å²) in [4.78, 5) is 2.62. The van der Waals surface area contributed by atoms with Crippen molar-refractivity contribution in [3.8, 4) is 33.4 Å². The Bertz CT molecular complexity index is 3510. The Morgan fingerprint density at radius 2 is 0.968 bits per heavy atom. The van der Waals surface area contributed by atoms with Crippen LogP contribution >= 0.6 is 11.3 Å². The molecule has 1 nitrogen and oxygen atoms in total. The first kappa shape index (κ1) is 36.0. The maximum Gasteiger partial charge on any atom is 0.0726 e. The minimum atomic E-state index is -0.438. The molecule has 0 atom stereocenters. The average molecular weight is 812 g/mol. The largest absolute Gasteiger partial charge is 0.308 e. The summed E-state index contributed by atoms with van der Waals surface area (Å²) in [5.74, 6) is 0. The Kier molecular flexibility index (Phi) is 7.21. The van der Waals surface area contributed by atoms with Gasteiger partial charge in [-0.25, -0.2) is 0 Å². The number of fused-ring (bicyclic) bond motifs is 18. The van der Waals surface area contributed by atoms with E-state index in [-0.39, 0.29) is 10.8 Å². The molecule has 3 aliphatic rings. The molecule has 0 N–H and O–H groups in total. The molecule has 10 aromatic rings. The molecular formula is C60H45NS. The van der Waals surface area contributed by atoms with Crippen molar-refractivity contribution < 1.29 is 0 Å². The number of thiophene rings is 1. The molecule has 2 heteroatoms. The van der Waals surface area contributed by atoms with E-state index in [4.69, 9.17) is 0 Å². The van der Waals surface area contributed by atoms with Crippen molar-refractivity contribution in [3.05, 3.63) is 221 Å². The van der Waals surface area contributed by atoms with Crippen molar-refractivity contribution in [2.45, 2.75) is 50.9 Å². The predicted molar refractivity (Wildman–Crippen MR) is 264 cm³/mol. The highest BCUT2D eigenvalue weighted by Crippen LogP contribution is 2.65. The highest BCUT2D eigenvalue weighted by molar-refractivity contribution is 7.26. The molecule has 0 radical (unpaired) electrons. The second kappa shape index (κ2) is 12.4. The molecule has 62 heavy (non-hydrogen) atoms. The molecule has 1 heterocycles. The van der Waals surface area contributed by atoms with E-state index in [9.17, 15) is 0 Å². The van der Waals surface area contributed by atoms with Crippen LogP contribution in [-0.4, -0.2) is 0 Å². The number of hydrogen-bond acceptors (Lipinski definition) is 2. The molecule has 0 aliphatic heterocycles. The van der Waals surface area contributed by atoms with Crippen LogP contribution in [-0.2, 0) is 16.2 Å². The molecule has 0 unspecified atom stereocenters. The summed E-state index contributed by atoms with van der Waals surface area (Å²) < 4.78 is 2.69. The van der Waals surface area contributed by atoms with Gasteiger partial charge in [0.15, 0.2) is 0 Å². The van der Waals surface area contributed by atoms with Gasteiger partial charge in [0.1, 0.15) is 0 Å². The first-order valence-electron chi connectivity index (χ1n) is 22.0. The third-order valence-corrected chi connectivity index (χ3v) is 15.8. The average Bonchev–Trinajstić information content (AvgIpc) is 3.99. The van der Waals surface area contributed by atoms with Crippen molar-refractivity contribution >= 4 is 59.3 Å². The number of nitrogens with zero attached hydrogens (tertiary/aromatic N) is 1. The van der Waals surface area contributed by atoms with E-state index in [2.05, 4.69) is 222 Å². The third-order valence-electron chi connectivity index (χ3n) is 14.6. The van der Waals surface area contributed by atoms with Gasteiger partial charge in [0.2, 0.25) is 0 Å². The number of benzene rings is 9. The van der Waals surface area contributed by atoms with Crippen molar-refractivity contribution in [3.63, 3.8) is 0 Å². The van der Waals surface area contributed by atoms with Crippen LogP contribution in [0, 0.1) is 0 Å². The van der Waals surface area contributed by atoms with E-state index in [1.54, 1.807) is 0 Å². The minimum Gasteiger partial charge on any atom is -0.308 e. The second-order valence-corrected chi connectivity index (χ2v) is 20.2. The van der Waals surface area contributed by atoms with Crippen LogP contribution in [0.1, 0.15) is 73.6 Å². The van der Waals surface area contributed by atoms with Gasteiger partial charge in [0.05, 0.1) is 21.5 Å². The zero-order chi connectivity index (χ0) is 41.7. The van der Waals surface area contributed by atoms with Crippen LogP contribution in [0.2, 0.25) is 0 Å². The first-order chi connectivity index (χ1) is 30.2. The molecule has 296 valence electrons. The van der Waals surface area contributed by atoms with Crippen molar-refractivity contribution in [1.29, 1.82) is 0 Å². The van der Waals surface area contributed by atoms with Gasteiger partial charge in [-0.3, -0.25) is 0 Å². The molecule has 13 rings (SSSR count). The van der Waals surface area contributed by atoms with Gasteiger partial charge in [-0.15, -0.1) is 11.3 Å². The molecule has 0 bridgehead atoms. The number of anilines is 3. The third kappa shape index (κ3) is 4.53. The van der Waals surface area contributed by atoms with E-state index in [0.717, 1.165) is 0 Å². The summed E-state index contributed by atoms with van der Waals surface area (Å²) in [7, 11) is 0. The fraction of sp³-hybridized carbons (Fsp3) is 0.133. The van der Waals surface area contributed by atoms with Gasteiger partial charge >= 0.3 is 0 Å². The molecule has 9 aromatic carbocycles. The fourth-order valence-corrected chi connectivity index (χ4v) is 13.5. The Balaban J connectivity index is 1.15. The quantitative estimate of drug-likeness (QED) is 0.172. The highest BCUT2D eigenvalue weighted by atomic mass is 32.1. The van der Waals surface area contributed by atoms with Gasteiger partial charge < -0.3 is 4.90 Å². The summed E-state index contributed by atoms with van der Waals surface area (Å²) in [5, 5.41) is 5.29. The Labute approximate surface area is 367 Å². The standard InChI is InChI=1S/C60H45NS/c1-58(2,3)51-34-36-18-6-7-19-38(36)54-44-24-16-31-53(56(44)62-57(51)54)61(37-32-33-42-39-20-8-12-25-45(39)59(4,5)50(42)35-37)52-30-17-29-49-55(52)43-23-11-15-28-48(43)60(49)46-26-13-9-21-40(46)41-22-10-14-27-47(41)60/h6-35H,1-5H3. The lowest BCUT2D eigenvalue weighted by molar-refractivity contribution is 0.597. The fourth-order valence-electron chi connectivity index (χ4n) is 11.9. The normalized spacial score (nSPS) is 14.8. The van der Waals surface area contributed by atoms with E-state index >= 15 is 0 Å². The van der Waals surface area contributed by atoms with Crippen molar-refractivity contribution in [2.75, 3.05) is 4.90 Å². The van der Waals surface area contributed by atoms with Gasteiger partial charge in [0.25, 0.3) is 0 Å². The molecule has 0 saturated carbocycles. The summed E-state index contributed by atoms with van der Waals surface area (Å²) >= 11 is 1.97. The number of rotatable bonds is 3. The summed E-state index contributed by atoms with van der Waals surface area (Å²) in [6.07, 6.45) is 0. The van der Waals surface area contributed by atoms with Gasteiger partial charge in [-0.05, 0) is 113 Å². The van der Waals surface area contributed by atoms with Crippen LogP contribution in [0.4, 0.5) is 17.1 Å². The van der Waals surface area contributed by atoms with Gasteiger partial charge in [-0.1, -0.05) is 186 Å². The van der Waals surface area contributed by atoms with Gasteiger partial charge in [-0.2, -0.15) is 0 Å². The highest BCUT2D eigenvalue weighted by Gasteiger charge is 2.52. The molecule has 0 saturated heterocycles. The maximum absolute atomic E-state index is 2.62. The van der Waals surface area contributed by atoms with E-state index in [1.807, 2.05) is 11.3 Å². The van der Waals surface area contributed by atoms with Crippen LogP contribution in [0.15, 0.2) is 182 Å². The molecule has 1 aromatic heterocycles. The van der Waals surface area contributed by atoms with Crippen LogP contribution in [0.25, 0.3) is 64.3 Å². The van der Waals surface area contributed by atoms with Crippen molar-refractivity contribution in [1.82, 2.24) is 0 Å². The Morgan fingerprint density at radius 3 is 1.68 bits per heavy atom. The Hall–Kier alpha value is -6.74. The van der Waals surface area contributed by atoms with Gasteiger partial charge in [0, 0.05) is 32.1 Å². The maximum atomic E-state index is 2.62. The van der Waals surface area contributed by atoms with Crippen molar-refractivity contribution in [2.24, 2.45) is 0 Å². The number of hydrogen-bond donors (Lipinski definition) is 0. The predicted octanol–water partition coefficient (Wildman–Crippen LogP) is 16.6. The Morgan fingerprint density at radius 1 is 0.435 bits per heavy atom. The van der Waals surface area contributed by atoms with E-state index in [1.165, 1.54) is 120 Å². The summed E-state index contributed by atoms with van der Waals surface area (Å²) in [6.45, 7) is 11.9. The van der Waals surface area contributed by atoms with E-state index in [0.29, 0.717) is 0 Å². The van der Waals surface area contributed by atoms with Crippen LogP contribution in [0.3, 0.4) is 0 Å².